The molecule has 0 radical (unpaired) electrons. The van der Waals surface area contributed by atoms with Gasteiger partial charge >= 0.3 is 0 Å². The summed E-state index contributed by atoms with van der Waals surface area (Å²) in [6.45, 7) is 6.50. The van der Waals surface area contributed by atoms with Crippen LogP contribution in [0.2, 0.25) is 0 Å². The van der Waals surface area contributed by atoms with E-state index in [-0.39, 0.29) is 0 Å². The Labute approximate surface area is 149 Å². The van der Waals surface area contributed by atoms with Crippen LogP contribution >= 0.6 is 0 Å². The molecule has 2 aromatic rings. The fourth-order valence-corrected chi connectivity index (χ4v) is 3.81. The van der Waals surface area contributed by atoms with Crippen LogP contribution in [-0.4, -0.2) is 54.3 Å². The van der Waals surface area contributed by atoms with Gasteiger partial charge in [-0.3, -0.25) is 4.90 Å². The topological polar surface area (TPSA) is 41.5 Å². The molecule has 0 amide bonds. The molecule has 0 unspecified atom stereocenters. The van der Waals surface area contributed by atoms with Gasteiger partial charge in [-0.2, -0.15) is 0 Å². The predicted octanol–water partition coefficient (Wildman–Crippen LogP) is 2.69. The lowest BCUT2D eigenvalue weighted by molar-refractivity contribution is 0.122. The van der Waals surface area contributed by atoms with E-state index >= 15 is 0 Å². The van der Waals surface area contributed by atoms with E-state index in [2.05, 4.69) is 50.1 Å². The summed E-state index contributed by atoms with van der Waals surface area (Å²) in [7, 11) is 0. The summed E-state index contributed by atoms with van der Waals surface area (Å²) in [5, 5.41) is 0. The number of nitrogens with zero attached hydrogens (tertiary/aromatic N) is 4. The molecular formula is C20H26N4O. The van der Waals surface area contributed by atoms with Gasteiger partial charge in [-0.1, -0.05) is 30.3 Å². The summed E-state index contributed by atoms with van der Waals surface area (Å²) in [5.41, 5.74) is 2.66. The van der Waals surface area contributed by atoms with Gasteiger partial charge in [0.25, 0.3) is 0 Å². The van der Waals surface area contributed by atoms with Gasteiger partial charge in [0.05, 0.1) is 13.2 Å². The van der Waals surface area contributed by atoms with Crippen LogP contribution in [0.3, 0.4) is 0 Å². The molecule has 132 valence electrons. The average Bonchev–Trinajstić information content (AvgIpc) is 2.70. The van der Waals surface area contributed by atoms with E-state index in [0.717, 1.165) is 51.9 Å². The lowest BCUT2D eigenvalue weighted by Gasteiger charge is -2.33. The first-order valence-electron chi connectivity index (χ1n) is 9.29. The van der Waals surface area contributed by atoms with Gasteiger partial charge in [0.2, 0.25) is 5.95 Å². The largest absolute Gasteiger partial charge is 0.378 e. The molecule has 1 aromatic carbocycles. The minimum absolute atomic E-state index is 0.642. The SMILES string of the molecule is c1ccc([C@H]2CCCN(Cc3cnc(N4CCOCC4)nc3)C2)cc1. The highest BCUT2D eigenvalue weighted by Gasteiger charge is 2.21. The molecule has 0 N–H and O–H groups in total. The van der Waals surface area contributed by atoms with Crippen molar-refractivity contribution in [2.24, 2.45) is 0 Å². The maximum absolute atomic E-state index is 5.39. The maximum atomic E-state index is 5.39. The van der Waals surface area contributed by atoms with Crippen LogP contribution in [0, 0.1) is 0 Å². The van der Waals surface area contributed by atoms with Gasteiger partial charge in [0.15, 0.2) is 0 Å². The zero-order valence-corrected chi connectivity index (χ0v) is 14.7. The number of hydrogen-bond acceptors (Lipinski definition) is 5. The molecule has 0 bridgehead atoms. The zero-order chi connectivity index (χ0) is 16.9. The summed E-state index contributed by atoms with van der Waals surface area (Å²) in [6, 6.07) is 10.9. The monoisotopic (exact) mass is 338 g/mol. The van der Waals surface area contributed by atoms with E-state index in [4.69, 9.17) is 4.74 Å². The van der Waals surface area contributed by atoms with E-state index < -0.39 is 0 Å². The molecule has 0 saturated carbocycles. The molecule has 5 nitrogen and oxygen atoms in total. The number of hydrogen-bond donors (Lipinski definition) is 0. The first-order valence-corrected chi connectivity index (χ1v) is 9.29. The molecule has 25 heavy (non-hydrogen) atoms. The van der Waals surface area contributed by atoms with E-state index in [1.165, 1.54) is 24.0 Å². The van der Waals surface area contributed by atoms with Crippen LogP contribution in [-0.2, 0) is 11.3 Å². The third-order valence-electron chi connectivity index (χ3n) is 5.17. The smallest absolute Gasteiger partial charge is 0.225 e. The van der Waals surface area contributed by atoms with Crippen LogP contribution in [0.5, 0.6) is 0 Å². The molecule has 1 aromatic heterocycles. The second-order valence-corrected chi connectivity index (χ2v) is 6.98. The molecule has 0 spiro atoms. The number of ether oxygens (including phenoxy) is 1. The van der Waals surface area contributed by atoms with E-state index in [9.17, 15) is 0 Å². The third kappa shape index (κ3) is 4.17. The van der Waals surface area contributed by atoms with Crippen LogP contribution in [0.15, 0.2) is 42.7 Å². The van der Waals surface area contributed by atoms with Crippen molar-refractivity contribution in [3.63, 3.8) is 0 Å². The van der Waals surface area contributed by atoms with E-state index in [1.807, 2.05) is 12.4 Å². The molecule has 2 aliphatic rings. The normalized spacial score (nSPS) is 22.1. The minimum Gasteiger partial charge on any atom is -0.378 e. The average molecular weight is 338 g/mol. The van der Waals surface area contributed by atoms with Crippen LogP contribution in [0.25, 0.3) is 0 Å². The highest BCUT2D eigenvalue weighted by atomic mass is 16.5. The fourth-order valence-electron chi connectivity index (χ4n) is 3.81. The predicted molar refractivity (Wildman–Crippen MR) is 98.8 cm³/mol. The molecule has 2 fully saturated rings. The van der Waals surface area contributed by atoms with Gasteiger partial charge in [-0.15, -0.1) is 0 Å². The number of anilines is 1. The maximum Gasteiger partial charge on any atom is 0.225 e. The van der Waals surface area contributed by atoms with Crippen molar-refractivity contribution < 1.29 is 4.74 Å². The summed E-state index contributed by atoms with van der Waals surface area (Å²) >= 11 is 0. The van der Waals surface area contributed by atoms with Crippen molar-refractivity contribution in [3.8, 4) is 0 Å². The first kappa shape index (κ1) is 16.5. The quantitative estimate of drug-likeness (QED) is 0.857. The van der Waals surface area contributed by atoms with Crippen molar-refractivity contribution in [2.45, 2.75) is 25.3 Å². The van der Waals surface area contributed by atoms with Crippen molar-refractivity contribution in [2.75, 3.05) is 44.3 Å². The number of benzene rings is 1. The molecule has 1 atom stereocenters. The zero-order valence-electron chi connectivity index (χ0n) is 14.7. The minimum atomic E-state index is 0.642. The fraction of sp³-hybridized carbons (Fsp3) is 0.500. The summed E-state index contributed by atoms with van der Waals surface area (Å²) < 4.78 is 5.39. The molecule has 2 aliphatic heterocycles. The molecule has 5 heteroatoms. The first-order chi connectivity index (χ1) is 12.4. The molecule has 0 aliphatic carbocycles. The molecule has 2 saturated heterocycles. The Morgan fingerprint density at radius 2 is 1.76 bits per heavy atom. The summed E-state index contributed by atoms with van der Waals surface area (Å²) in [6.07, 6.45) is 6.52. The van der Waals surface area contributed by atoms with Gasteiger partial charge in [0, 0.05) is 44.1 Å². The van der Waals surface area contributed by atoms with Crippen molar-refractivity contribution in [1.82, 2.24) is 14.9 Å². The number of aromatic nitrogens is 2. The van der Waals surface area contributed by atoms with Crippen LogP contribution in [0.4, 0.5) is 5.95 Å². The van der Waals surface area contributed by atoms with E-state index in [0.29, 0.717) is 5.92 Å². The van der Waals surface area contributed by atoms with Crippen LogP contribution < -0.4 is 4.90 Å². The second-order valence-electron chi connectivity index (χ2n) is 6.98. The molecule has 4 rings (SSSR count). The van der Waals surface area contributed by atoms with Crippen molar-refractivity contribution in [3.05, 3.63) is 53.9 Å². The second kappa shape index (κ2) is 7.93. The number of rotatable bonds is 4. The Balaban J connectivity index is 1.36. The Bertz CT molecular complexity index is 655. The van der Waals surface area contributed by atoms with Crippen molar-refractivity contribution in [1.29, 1.82) is 0 Å². The summed E-state index contributed by atoms with van der Waals surface area (Å²) in [4.78, 5) is 13.9. The Morgan fingerprint density at radius 1 is 1.00 bits per heavy atom. The highest BCUT2D eigenvalue weighted by molar-refractivity contribution is 5.30. The number of likely N-dealkylation sites (tertiary alicyclic amines) is 1. The van der Waals surface area contributed by atoms with Gasteiger partial charge in [-0.25, -0.2) is 9.97 Å². The molecular weight excluding hydrogens is 312 g/mol. The van der Waals surface area contributed by atoms with Crippen LogP contribution in [0.1, 0.15) is 29.9 Å². The lowest BCUT2D eigenvalue weighted by Crippen LogP contribution is -2.37. The number of piperidine rings is 1. The lowest BCUT2D eigenvalue weighted by atomic mass is 9.90. The van der Waals surface area contributed by atoms with Gasteiger partial charge in [0.1, 0.15) is 0 Å². The Hall–Kier alpha value is -1.98. The Kier molecular flexibility index (Phi) is 5.23. The highest BCUT2D eigenvalue weighted by Crippen LogP contribution is 2.27. The van der Waals surface area contributed by atoms with Crippen molar-refractivity contribution >= 4 is 5.95 Å². The standard InChI is InChI=1S/C20H26N4O/c1-2-5-18(6-3-1)19-7-4-8-23(16-19)15-17-13-21-20(22-14-17)24-9-11-25-12-10-24/h1-3,5-6,13-14,19H,4,7-12,15-16H2/t19-/m0/s1. The van der Waals surface area contributed by atoms with Gasteiger partial charge in [-0.05, 0) is 30.9 Å². The van der Waals surface area contributed by atoms with E-state index in [1.54, 1.807) is 0 Å². The summed E-state index contributed by atoms with van der Waals surface area (Å²) in [5.74, 6) is 1.47. The number of morpholine rings is 1. The Morgan fingerprint density at radius 3 is 2.52 bits per heavy atom. The molecule has 3 heterocycles. The van der Waals surface area contributed by atoms with Gasteiger partial charge < -0.3 is 9.64 Å². The third-order valence-corrected chi connectivity index (χ3v) is 5.17.